The van der Waals surface area contributed by atoms with Crippen molar-refractivity contribution in [1.29, 1.82) is 0 Å². The molecule has 0 radical (unpaired) electrons. The molecule has 0 bridgehead atoms. The predicted molar refractivity (Wildman–Crippen MR) is 110 cm³/mol. The second-order valence-electron chi connectivity index (χ2n) is 5.91. The smallest absolute Gasteiger partial charge is 0.349 e. The maximum Gasteiger partial charge on any atom is 0.349 e. The standard InChI is InChI=1S/C20H17N3O5S/c1-27-16(12-7-3-2-4-8-12)18(25)22-23-20(29)21-17(24)14-11-13-9-5-6-10-15(13)28-19(14)26/h2-11,16H,1H3,(H,22,25)(H2,21,23,24,29)/t16-/m0/s1. The van der Waals surface area contributed by atoms with Gasteiger partial charge in [-0.2, -0.15) is 0 Å². The number of rotatable bonds is 4. The SMILES string of the molecule is CO[C@H](C(=O)NNC(=S)NC(=O)c1cc2ccccc2oc1=O)c1ccccc1. The molecule has 0 saturated heterocycles. The number of para-hydroxylation sites is 1. The summed E-state index contributed by atoms with van der Waals surface area (Å²) < 4.78 is 10.3. The zero-order valence-electron chi connectivity index (χ0n) is 15.3. The Morgan fingerprint density at radius 2 is 1.72 bits per heavy atom. The average Bonchev–Trinajstić information content (AvgIpc) is 2.73. The van der Waals surface area contributed by atoms with Crippen LogP contribution >= 0.6 is 12.2 Å². The number of amides is 2. The van der Waals surface area contributed by atoms with Crippen LogP contribution in [0.15, 0.2) is 69.9 Å². The average molecular weight is 411 g/mol. The van der Waals surface area contributed by atoms with E-state index in [9.17, 15) is 14.4 Å². The molecule has 2 amide bonds. The van der Waals surface area contributed by atoms with Gasteiger partial charge in [-0.3, -0.25) is 25.8 Å². The largest absolute Gasteiger partial charge is 0.422 e. The molecule has 0 aliphatic carbocycles. The summed E-state index contributed by atoms with van der Waals surface area (Å²) in [4.78, 5) is 36.7. The molecule has 0 aliphatic heterocycles. The van der Waals surface area contributed by atoms with Crippen molar-refractivity contribution in [3.05, 3.63) is 82.2 Å². The zero-order chi connectivity index (χ0) is 20.8. The summed E-state index contributed by atoms with van der Waals surface area (Å²) in [5, 5.41) is 2.72. The zero-order valence-corrected chi connectivity index (χ0v) is 16.1. The van der Waals surface area contributed by atoms with Gasteiger partial charge < -0.3 is 9.15 Å². The Morgan fingerprint density at radius 1 is 1.03 bits per heavy atom. The summed E-state index contributed by atoms with van der Waals surface area (Å²) in [6, 6.07) is 17.1. The molecule has 1 atom stereocenters. The Hall–Kier alpha value is -3.56. The van der Waals surface area contributed by atoms with Crippen LogP contribution < -0.4 is 21.8 Å². The van der Waals surface area contributed by atoms with E-state index in [1.54, 1.807) is 48.5 Å². The van der Waals surface area contributed by atoms with Crippen molar-refractivity contribution in [1.82, 2.24) is 16.2 Å². The highest BCUT2D eigenvalue weighted by atomic mass is 32.1. The van der Waals surface area contributed by atoms with Crippen LogP contribution in [0.1, 0.15) is 22.0 Å². The first-order chi connectivity index (χ1) is 14.0. The monoisotopic (exact) mass is 411 g/mol. The van der Waals surface area contributed by atoms with Gasteiger partial charge in [0.05, 0.1) is 0 Å². The van der Waals surface area contributed by atoms with Gasteiger partial charge in [-0.1, -0.05) is 48.5 Å². The number of thiocarbonyl (C=S) groups is 1. The molecule has 0 saturated carbocycles. The first kappa shape index (κ1) is 20.2. The van der Waals surface area contributed by atoms with Crippen molar-refractivity contribution < 1.29 is 18.7 Å². The van der Waals surface area contributed by atoms with Gasteiger partial charge >= 0.3 is 5.63 Å². The normalized spacial score (nSPS) is 11.5. The third-order valence-electron chi connectivity index (χ3n) is 3.99. The van der Waals surface area contributed by atoms with E-state index in [0.29, 0.717) is 16.5 Å². The Kier molecular flexibility index (Phi) is 6.32. The topological polar surface area (TPSA) is 110 Å². The van der Waals surface area contributed by atoms with Gasteiger partial charge in [0.15, 0.2) is 11.2 Å². The number of carbonyl (C=O) groups is 2. The highest BCUT2D eigenvalue weighted by Crippen LogP contribution is 2.15. The van der Waals surface area contributed by atoms with E-state index in [-0.39, 0.29) is 10.7 Å². The van der Waals surface area contributed by atoms with Crippen molar-refractivity contribution >= 4 is 40.1 Å². The van der Waals surface area contributed by atoms with Crippen LogP contribution in [0, 0.1) is 0 Å². The minimum Gasteiger partial charge on any atom is -0.422 e. The van der Waals surface area contributed by atoms with Gasteiger partial charge in [0.1, 0.15) is 11.1 Å². The summed E-state index contributed by atoms with van der Waals surface area (Å²) >= 11 is 5.00. The van der Waals surface area contributed by atoms with E-state index in [0.717, 1.165) is 0 Å². The second-order valence-corrected chi connectivity index (χ2v) is 6.32. The van der Waals surface area contributed by atoms with Crippen molar-refractivity contribution in [2.24, 2.45) is 0 Å². The lowest BCUT2D eigenvalue weighted by Gasteiger charge is -2.17. The third kappa shape index (κ3) is 4.84. The molecule has 148 valence electrons. The number of hydrazine groups is 1. The lowest BCUT2D eigenvalue weighted by atomic mass is 10.1. The highest BCUT2D eigenvalue weighted by molar-refractivity contribution is 7.80. The Labute approximate surface area is 170 Å². The maximum absolute atomic E-state index is 12.3. The molecule has 3 aromatic rings. The van der Waals surface area contributed by atoms with Gasteiger partial charge in [-0.15, -0.1) is 0 Å². The Morgan fingerprint density at radius 3 is 2.45 bits per heavy atom. The molecule has 1 heterocycles. The fraction of sp³-hybridized carbons (Fsp3) is 0.100. The van der Waals surface area contributed by atoms with Crippen LogP contribution in [0.25, 0.3) is 11.0 Å². The van der Waals surface area contributed by atoms with Gasteiger partial charge in [-0.05, 0) is 29.9 Å². The Bertz CT molecular complexity index is 1110. The molecule has 0 spiro atoms. The number of fused-ring (bicyclic) bond motifs is 1. The quantitative estimate of drug-likeness (QED) is 0.341. The molecule has 8 nitrogen and oxygen atoms in total. The molecule has 3 rings (SSSR count). The molecule has 0 fully saturated rings. The maximum atomic E-state index is 12.3. The highest BCUT2D eigenvalue weighted by Gasteiger charge is 2.20. The number of carbonyl (C=O) groups excluding carboxylic acids is 2. The van der Waals surface area contributed by atoms with Gasteiger partial charge in [0.25, 0.3) is 11.8 Å². The van der Waals surface area contributed by atoms with E-state index >= 15 is 0 Å². The molecule has 29 heavy (non-hydrogen) atoms. The fourth-order valence-corrected chi connectivity index (χ4v) is 2.77. The predicted octanol–water partition coefficient (Wildman–Crippen LogP) is 1.82. The molecular weight excluding hydrogens is 394 g/mol. The summed E-state index contributed by atoms with van der Waals surface area (Å²) in [5.74, 6) is -1.27. The molecule has 3 N–H and O–H groups in total. The van der Waals surface area contributed by atoms with Gasteiger partial charge in [0, 0.05) is 12.5 Å². The van der Waals surface area contributed by atoms with Crippen LogP contribution in [0.3, 0.4) is 0 Å². The van der Waals surface area contributed by atoms with Crippen LogP contribution in [0.4, 0.5) is 0 Å². The molecular formula is C20H17N3O5S. The number of hydrogen-bond donors (Lipinski definition) is 3. The third-order valence-corrected chi connectivity index (χ3v) is 4.19. The van der Waals surface area contributed by atoms with Crippen molar-refractivity contribution in [3.63, 3.8) is 0 Å². The minimum atomic E-state index is -0.866. The molecule has 1 aromatic heterocycles. The molecule has 9 heteroatoms. The molecule has 2 aromatic carbocycles. The van der Waals surface area contributed by atoms with E-state index in [1.807, 2.05) is 6.07 Å². The second kappa shape index (κ2) is 9.09. The summed E-state index contributed by atoms with van der Waals surface area (Å²) in [5.41, 5.74) is 4.79. The van der Waals surface area contributed by atoms with Crippen LogP contribution in [-0.4, -0.2) is 24.0 Å². The van der Waals surface area contributed by atoms with Crippen LogP contribution in [0.5, 0.6) is 0 Å². The Balaban J connectivity index is 1.62. The van der Waals surface area contributed by atoms with Crippen molar-refractivity contribution in [2.45, 2.75) is 6.10 Å². The summed E-state index contributed by atoms with van der Waals surface area (Å²) in [7, 11) is 1.40. The van der Waals surface area contributed by atoms with Crippen LogP contribution in [0.2, 0.25) is 0 Å². The molecule has 0 unspecified atom stereocenters. The fourth-order valence-electron chi connectivity index (χ4n) is 2.63. The first-order valence-corrected chi connectivity index (χ1v) is 8.92. The number of benzene rings is 2. The number of nitrogens with one attached hydrogen (secondary N) is 3. The number of ether oxygens (including phenoxy) is 1. The van der Waals surface area contributed by atoms with Crippen molar-refractivity contribution in [3.8, 4) is 0 Å². The van der Waals surface area contributed by atoms with Gasteiger partial charge in [-0.25, -0.2) is 4.79 Å². The first-order valence-electron chi connectivity index (χ1n) is 8.51. The summed E-state index contributed by atoms with van der Waals surface area (Å²) in [6.45, 7) is 0. The minimum absolute atomic E-state index is 0.196. The molecule has 0 aliphatic rings. The number of hydrogen-bond acceptors (Lipinski definition) is 6. The lowest BCUT2D eigenvalue weighted by molar-refractivity contribution is -0.132. The van der Waals surface area contributed by atoms with Crippen LogP contribution in [-0.2, 0) is 9.53 Å². The van der Waals surface area contributed by atoms with Gasteiger partial charge in [0.2, 0.25) is 0 Å². The lowest BCUT2D eigenvalue weighted by Crippen LogP contribution is -2.50. The van der Waals surface area contributed by atoms with E-state index in [2.05, 4.69) is 16.2 Å². The van der Waals surface area contributed by atoms with E-state index < -0.39 is 23.5 Å². The van der Waals surface area contributed by atoms with Crippen molar-refractivity contribution in [2.75, 3.05) is 7.11 Å². The number of methoxy groups -OCH3 is 1. The van der Waals surface area contributed by atoms with E-state index in [4.69, 9.17) is 21.4 Å². The van der Waals surface area contributed by atoms with E-state index in [1.165, 1.54) is 13.2 Å². The summed E-state index contributed by atoms with van der Waals surface area (Å²) in [6.07, 6.45) is -0.866.